The van der Waals surface area contributed by atoms with Gasteiger partial charge in [-0.1, -0.05) is 54.9 Å². The standard InChI is InChI=1S/C28H38ClNO4/c1-4-26(24-10-7-11-25(29)23(24)12-13-27(32)33)34-18-22(31)17-30-28(2,3)16-19-14-20-8-5-6-9-21(20)15-19/h5-11,19,22,26,30-31H,4,12-18H2,1-3H3,(H,32,33)/t22-,26-/m1/s1. The van der Waals surface area contributed by atoms with Gasteiger partial charge in [0.25, 0.3) is 0 Å². The first-order chi connectivity index (χ1) is 16.2. The first kappa shape index (κ1) is 26.7. The molecular formula is C28H38ClNO4. The fourth-order valence-corrected chi connectivity index (χ4v) is 5.34. The Hall–Kier alpha value is -1.92. The Balaban J connectivity index is 1.49. The van der Waals surface area contributed by atoms with E-state index in [0.717, 1.165) is 30.4 Å². The van der Waals surface area contributed by atoms with E-state index in [1.807, 2.05) is 19.1 Å². The van der Waals surface area contributed by atoms with Crippen molar-refractivity contribution in [1.82, 2.24) is 5.32 Å². The summed E-state index contributed by atoms with van der Waals surface area (Å²) < 4.78 is 6.09. The number of hydrogen-bond acceptors (Lipinski definition) is 4. The molecular weight excluding hydrogens is 450 g/mol. The van der Waals surface area contributed by atoms with Gasteiger partial charge < -0.3 is 20.3 Å². The van der Waals surface area contributed by atoms with Gasteiger partial charge in [-0.2, -0.15) is 0 Å². The maximum absolute atomic E-state index is 11.1. The zero-order chi connectivity index (χ0) is 24.7. The van der Waals surface area contributed by atoms with Crippen molar-refractivity contribution in [3.8, 4) is 0 Å². The van der Waals surface area contributed by atoms with Crippen LogP contribution in [-0.4, -0.2) is 41.0 Å². The number of β-amino-alcohol motifs (C(OH)–C–C–N with tert-alkyl or cyclic N) is 1. The van der Waals surface area contributed by atoms with Gasteiger partial charge in [-0.25, -0.2) is 0 Å². The molecule has 0 amide bonds. The number of carbonyl (C=O) groups is 1. The third kappa shape index (κ3) is 7.54. The molecule has 0 aliphatic heterocycles. The van der Waals surface area contributed by atoms with Crippen LogP contribution in [-0.2, 0) is 28.8 Å². The molecule has 0 spiro atoms. The molecule has 2 aromatic rings. The number of rotatable bonds is 13. The average molecular weight is 488 g/mol. The lowest BCUT2D eigenvalue weighted by Gasteiger charge is -2.31. The number of ether oxygens (including phenoxy) is 1. The Morgan fingerprint density at radius 1 is 1.18 bits per heavy atom. The number of benzene rings is 2. The predicted molar refractivity (Wildman–Crippen MR) is 136 cm³/mol. The van der Waals surface area contributed by atoms with Crippen molar-refractivity contribution >= 4 is 17.6 Å². The van der Waals surface area contributed by atoms with Crippen molar-refractivity contribution in [2.45, 2.75) is 77.0 Å². The molecule has 0 aromatic heterocycles. The van der Waals surface area contributed by atoms with Crippen LogP contribution in [0.3, 0.4) is 0 Å². The van der Waals surface area contributed by atoms with E-state index < -0.39 is 12.1 Å². The zero-order valence-electron chi connectivity index (χ0n) is 20.5. The molecule has 0 bridgehead atoms. The van der Waals surface area contributed by atoms with E-state index in [-0.39, 0.29) is 24.7 Å². The summed E-state index contributed by atoms with van der Waals surface area (Å²) in [6.45, 7) is 7.05. The quantitative estimate of drug-likeness (QED) is 0.354. The molecule has 3 rings (SSSR count). The van der Waals surface area contributed by atoms with Gasteiger partial charge in [0.15, 0.2) is 0 Å². The molecule has 2 atom stereocenters. The highest BCUT2D eigenvalue weighted by Gasteiger charge is 2.28. The van der Waals surface area contributed by atoms with Crippen molar-refractivity contribution in [3.05, 3.63) is 69.7 Å². The van der Waals surface area contributed by atoms with Crippen LogP contribution in [0, 0.1) is 5.92 Å². The summed E-state index contributed by atoms with van der Waals surface area (Å²) in [7, 11) is 0. The van der Waals surface area contributed by atoms with Gasteiger partial charge in [-0.3, -0.25) is 4.79 Å². The Bertz CT molecular complexity index is 936. The van der Waals surface area contributed by atoms with Gasteiger partial charge in [0, 0.05) is 23.5 Å². The van der Waals surface area contributed by atoms with Crippen LogP contribution >= 0.6 is 11.6 Å². The molecule has 5 nitrogen and oxygen atoms in total. The van der Waals surface area contributed by atoms with E-state index in [1.54, 1.807) is 6.07 Å². The van der Waals surface area contributed by atoms with Crippen molar-refractivity contribution in [1.29, 1.82) is 0 Å². The second kappa shape index (κ2) is 12.2. The first-order valence-electron chi connectivity index (χ1n) is 12.3. The molecule has 3 N–H and O–H groups in total. The highest BCUT2D eigenvalue weighted by Crippen LogP contribution is 2.32. The number of aliphatic hydroxyl groups excluding tert-OH is 1. The number of halogens is 1. The average Bonchev–Trinajstić information content (AvgIpc) is 3.19. The number of aliphatic carboxylic acids is 1. The number of hydrogen-bond donors (Lipinski definition) is 3. The second-order valence-corrected chi connectivity index (χ2v) is 10.5. The third-order valence-electron chi connectivity index (χ3n) is 6.70. The number of aliphatic hydroxyl groups is 1. The summed E-state index contributed by atoms with van der Waals surface area (Å²) in [5.41, 5.74) is 4.55. The Morgan fingerprint density at radius 2 is 1.85 bits per heavy atom. The lowest BCUT2D eigenvalue weighted by molar-refractivity contribution is -0.136. The highest BCUT2D eigenvalue weighted by molar-refractivity contribution is 6.31. The van der Waals surface area contributed by atoms with Gasteiger partial charge in [0.05, 0.1) is 18.8 Å². The van der Waals surface area contributed by atoms with Gasteiger partial charge in [0.1, 0.15) is 0 Å². The van der Waals surface area contributed by atoms with Crippen LogP contribution in [0.4, 0.5) is 0 Å². The Labute approximate surface area is 208 Å². The lowest BCUT2D eigenvalue weighted by atomic mass is 9.88. The highest BCUT2D eigenvalue weighted by atomic mass is 35.5. The summed E-state index contributed by atoms with van der Waals surface area (Å²) in [4.78, 5) is 11.1. The van der Waals surface area contributed by atoms with Crippen LogP contribution < -0.4 is 5.32 Å². The first-order valence-corrected chi connectivity index (χ1v) is 12.7. The summed E-state index contributed by atoms with van der Waals surface area (Å²) in [5, 5.41) is 23.8. The van der Waals surface area contributed by atoms with E-state index >= 15 is 0 Å². The molecule has 0 heterocycles. The molecule has 186 valence electrons. The molecule has 1 aliphatic rings. The number of nitrogens with one attached hydrogen (secondary N) is 1. The fourth-order valence-electron chi connectivity index (χ4n) is 5.07. The fraction of sp³-hybridized carbons (Fsp3) is 0.536. The molecule has 34 heavy (non-hydrogen) atoms. The minimum absolute atomic E-state index is 0.0148. The third-order valence-corrected chi connectivity index (χ3v) is 7.06. The van der Waals surface area contributed by atoms with E-state index in [9.17, 15) is 9.90 Å². The van der Waals surface area contributed by atoms with E-state index in [1.165, 1.54) is 11.1 Å². The maximum atomic E-state index is 11.1. The van der Waals surface area contributed by atoms with Crippen molar-refractivity contribution < 1.29 is 19.7 Å². The molecule has 0 saturated heterocycles. The van der Waals surface area contributed by atoms with Crippen LogP contribution in [0.15, 0.2) is 42.5 Å². The Morgan fingerprint density at radius 3 is 2.47 bits per heavy atom. The van der Waals surface area contributed by atoms with Gasteiger partial charge in [-0.05, 0) is 80.2 Å². The molecule has 2 aromatic carbocycles. The van der Waals surface area contributed by atoms with Gasteiger partial charge in [0.2, 0.25) is 0 Å². The Kier molecular flexibility index (Phi) is 9.55. The molecule has 0 unspecified atom stereocenters. The molecule has 0 radical (unpaired) electrons. The van der Waals surface area contributed by atoms with Crippen LogP contribution in [0.25, 0.3) is 0 Å². The van der Waals surface area contributed by atoms with E-state index in [0.29, 0.717) is 30.3 Å². The second-order valence-electron chi connectivity index (χ2n) is 10.1. The summed E-state index contributed by atoms with van der Waals surface area (Å²) in [5.74, 6) is -0.241. The SMILES string of the molecule is CC[C@@H](OC[C@H](O)CNC(C)(C)CC1Cc2ccccc2C1)c1cccc(Cl)c1CCC(=O)O. The number of carboxylic acids is 1. The van der Waals surface area contributed by atoms with Crippen LogP contribution in [0.2, 0.25) is 5.02 Å². The number of carboxylic acid groups (broad SMARTS) is 1. The van der Waals surface area contributed by atoms with Gasteiger partial charge in [-0.15, -0.1) is 0 Å². The maximum Gasteiger partial charge on any atom is 0.303 e. The van der Waals surface area contributed by atoms with E-state index in [2.05, 4.69) is 43.4 Å². The lowest BCUT2D eigenvalue weighted by Crippen LogP contribution is -2.45. The topological polar surface area (TPSA) is 78.8 Å². The monoisotopic (exact) mass is 487 g/mol. The molecule has 1 aliphatic carbocycles. The largest absolute Gasteiger partial charge is 0.481 e. The van der Waals surface area contributed by atoms with E-state index in [4.69, 9.17) is 21.4 Å². The molecule has 0 saturated carbocycles. The number of fused-ring (bicyclic) bond motifs is 1. The molecule has 0 fully saturated rings. The molecule has 6 heteroatoms. The van der Waals surface area contributed by atoms with Crippen LogP contribution in [0.5, 0.6) is 0 Å². The van der Waals surface area contributed by atoms with Gasteiger partial charge >= 0.3 is 5.97 Å². The van der Waals surface area contributed by atoms with Crippen molar-refractivity contribution in [3.63, 3.8) is 0 Å². The van der Waals surface area contributed by atoms with Crippen molar-refractivity contribution in [2.24, 2.45) is 5.92 Å². The summed E-state index contributed by atoms with van der Waals surface area (Å²) in [6, 6.07) is 14.3. The summed E-state index contributed by atoms with van der Waals surface area (Å²) in [6.07, 6.45) is 3.47. The minimum Gasteiger partial charge on any atom is -0.481 e. The smallest absolute Gasteiger partial charge is 0.303 e. The predicted octanol–water partition coefficient (Wildman–Crippen LogP) is 5.36. The summed E-state index contributed by atoms with van der Waals surface area (Å²) >= 11 is 6.37. The normalized spacial score (nSPS) is 15.8. The van der Waals surface area contributed by atoms with Crippen LogP contribution in [0.1, 0.15) is 68.4 Å². The minimum atomic E-state index is -0.856. The van der Waals surface area contributed by atoms with Crippen molar-refractivity contribution in [2.75, 3.05) is 13.2 Å². The zero-order valence-corrected chi connectivity index (χ0v) is 21.3.